The molecule has 0 bridgehead atoms. The summed E-state index contributed by atoms with van der Waals surface area (Å²) in [5.41, 5.74) is 0. The number of carboxylic acid groups (broad SMARTS) is 1. The Bertz CT molecular complexity index is 341. The summed E-state index contributed by atoms with van der Waals surface area (Å²) < 4.78 is 1.19. The lowest BCUT2D eigenvalue weighted by atomic mass is 10.3. The first-order chi connectivity index (χ1) is 7.00. The number of aliphatic hydroxyl groups excluding tert-OH is 1. The molecule has 7 nitrogen and oxygen atoms in total. The summed E-state index contributed by atoms with van der Waals surface area (Å²) in [5.74, 6) is -1.01. The maximum Gasteiger partial charge on any atom is 0.325 e. The van der Waals surface area contributed by atoms with Crippen molar-refractivity contribution < 1.29 is 15.0 Å². The van der Waals surface area contributed by atoms with Crippen molar-refractivity contribution in [2.45, 2.75) is 36.9 Å². The summed E-state index contributed by atoms with van der Waals surface area (Å²) in [5, 5.41) is 28.8. The van der Waals surface area contributed by atoms with Gasteiger partial charge >= 0.3 is 5.97 Å². The van der Waals surface area contributed by atoms with E-state index in [1.165, 1.54) is 16.4 Å². The third-order valence-corrected chi connectivity index (χ3v) is 3.02. The maximum absolute atomic E-state index is 10.5. The standard InChI is InChI=1S/C7H12N4O3S/c1-4(12)5(2)15-7-8-9-10-11(7)3-6(13)14/h4-5,12H,3H2,1-2H3,(H,13,14). The van der Waals surface area contributed by atoms with E-state index in [1.807, 2.05) is 6.92 Å². The second kappa shape index (κ2) is 5.08. The highest BCUT2D eigenvalue weighted by molar-refractivity contribution is 7.99. The second-order valence-electron chi connectivity index (χ2n) is 3.08. The van der Waals surface area contributed by atoms with Crippen LogP contribution in [0.4, 0.5) is 0 Å². The molecular formula is C7H12N4O3S. The van der Waals surface area contributed by atoms with Crippen molar-refractivity contribution in [1.29, 1.82) is 0 Å². The van der Waals surface area contributed by atoms with E-state index in [4.69, 9.17) is 5.11 Å². The highest BCUT2D eigenvalue weighted by atomic mass is 32.2. The SMILES string of the molecule is CC(O)C(C)Sc1nnnn1CC(=O)O. The monoisotopic (exact) mass is 232 g/mol. The van der Waals surface area contributed by atoms with Crippen molar-refractivity contribution in [3.63, 3.8) is 0 Å². The van der Waals surface area contributed by atoms with Crippen LogP contribution in [-0.2, 0) is 11.3 Å². The first kappa shape index (κ1) is 11.9. The Hall–Kier alpha value is -1.15. The third-order valence-electron chi connectivity index (χ3n) is 1.75. The lowest BCUT2D eigenvalue weighted by Gasteiger charge is -2.12. The molecule has 84 valence electrons. The zero-order valence-corrected chi connectivity index (χ0v) is 9.18. The first-order valence-electron chi connectivity index (χ1n) is 4.33. The van der Waals surface area contributed by atoms with Gasteiger partial charge in [-0.05, 0) is 17.4 Å². The number of nitrogens with zero attached hydrogens (tertiary/aromatic N) is 4. The van der Waals surface area contributed by atoms with Crippen LogP contribution in [0.5, 0.6) is 0 Å². The first-order valence-corrected chi connectivity index (χ1v) is 5.21. The molecule has 2 unspecified atom stereocenters. The summed E-state index contributed by atoms with van der Waals surface area (Å²) in [6.07, 6.45) is -0.509. The Balaban J connectivity index is 2.68. The van der Waals surface area contributed by atoms with Crippen LogP contribution in [0.15, 0.2) is 5.16 Å². The molecule has 1 aromatic heterocycles. The number of thioether (sulfide) groups is 1. The number of aromatic nitrogens is 4. The van der Waals surface area contributed by atoms with Crippen molar-refractivity contribution in [2.24, 2.45) is 0 Å². The number of aliphatic hydroxyl groups is 1. The Labute approximate surface area is 90.5 Å². The highest BCUT2D eigenvalue weighted by Gasteiger charge is 2.16. The van der Waals surface area contributed by atoms with E-state index in [0.29, 0.717) is 5.16 Å². The number of carboxylic acids is 1. The molecule has 0 saturated carbocycles. The molecule has 8 heteroatoms. The average Bonchev–Trinajstić information content (AvgIpc) is 2.51. The van der Waals surface area contributed by atoms with Crippen LogP contribution in [0, 0.1) is 0 Å². The summed E-state index contributed by atoms with van der Waals surface area (Å²) in [4.78, 5) is 10.5. The van der Waals surface area contributed by atoms with E-state index in [0.717, 1.165) is 0 Å². The Morgan fingerprint density at radius 1 is 1.60 bits per heavy atom. The van der Waals surface area contributed by atoms with E-state index >= 15 is 0 Å². The quantitative estimate of drug-likeness (QED) is 0.667. The van der Waals surface area contributed by atoms with Crippen LogP contribution in [0.1, 0.15) is 13.8 Å². The molecule has 0 saturated heterocycles. The molecule has 0 radical (unpaired) electrons. The van der Waals surface area contributed by atoms with Crippen molar-refractivity contribution in [3.8, 4) is 0 Å². The number of rotatable bonds is 5. The average molecular weight is 232 g/mol. The molecule has 0 aliphatic rings. The maximum atomic E-state index is 10.5. The van der Waals surface area contributed by atoms with Gasteiger partial charge in [-0.15, -0.1) is 5.10 Å². The number of hydrogen-bond donors (Lipinski definition) is 2. The molecule has 0 aromatic carbocycles. The molecule has 15 heavy (non-hydrogen) atoms. The molecule has 0 aliphatic carbocycles. The lowest BCUT2D eigenvalue weighted by Crippen LogP contribution is -2.17. The minimum absolute atomic E-state index is 0.0939. The normalized spacial score (nSPS) is 14.9. The molecule has 0 fully saturated rings. The van der Waals surface area contributed by atoms with Crippen LogP contribution in [0.25, 0.3) is 0 Å². The van der Waals surface area contributed by atoms with Gasteiger partial charge < -0.3 is 10.2 Å². The number of carbonyl (C=O) groups is 1. The predicted octanol–water partition coefficient (Wildman–Crippen LogP) is -0.381. The Morgan fingerprint density at radius 2 is 2.27 bits per heavy atom. The van der Waals surface area contributed by atoms with Gasteiger partial charge in [-0.25, -0.2) is 4.68 Å². The van der Waals surface area contributed by atoms with E-state index < -0.39 is 12.1 Å². The van der Waals surface area contributed by atoms with Gasteiger partial charge in [0.1, 0.15) is 6.54 Å². The zero-order valence-electron chi connectivity index (χ0n) is 8.36. The van der Waals surface area contributed by atoms with Crippen molar-refractivity contribution in [2.75, 3.05) is 0 Å². The molecule has 0 aliphatic heterocycles. The second-order valence-corrected chi connectivity index (χ2v) is 4.42. The molecule has 0 amide bonds. The minimum atomic E-state index is -1.01. The summed E-state index contributed by atoms with van der Waals surface area (Å²) in [6, 6.07) is 0. The van der Waals surface area contributed by atoms with Gasteiger partial charge in [-0.3, -0.25) is 4.79 Å². The van der Waals surface area contributed by atoms with Crippen molar-refractivity contribution in [1.82, 2.24) is 20.2 Å². The fourth-order valence-electron chi connectivity index (χ4n) is 0.773. The van der Waals surface area contributed by atoms with E-state index in [2.05, 4.69) is 15.5 Å². The summed E-state index contributed by atoms with van der Waals surface area (Å²) >= 11 is 1.24. The van der Waals surface area contributed by atoms with Crippen molar-refractivity contribution in [3.05, 3.63) is 0 Å². The number of hydrogen-bond acceptors (Lipinski definition) is 6. The molecule has 1 heterocycles. The van der Waals surface area contributed by atoms with Crippen LogP contribution in [-0.4, -0.2) is 47.7 Å². The lowest BCUT2D eigenvalue weighted by molar-refractivity contribution is -0.138. The minimum Gasteiger partial charge on any atom is -0.480 e. The van der Waals surface area contributed by atoms with Crippen LogP contribution < -0.4 is 0 Å². The van der Waals surface area contributed by atoms with Gasteiger partial charge in [0.05, 0.1) is 6.10 Å². The molecule has 2 atom stereocenters. The highest BCUT2D eigenvalue weighted by Crippen LogP contribution is 2.22. The van der Waals surface area contributed by atoms with E-state index in [9.17, 15) is 9.90 Å². The van der Waals surface area contributed by atoms with E-state index in [1.54, 1.807) is 6.92 Å². The van der Waals surface area contributed by atoms with Crippen LogP contribution >= 0.6 is 11.8 Å². The molecule has 1 aromatic rings. The van der Waals surface area contributed by atoms with Crippen LogP contribution in [0.3, 0.4) is 0 Å². The van der Waals surface area contributed by atoms with Gasteiger partial charge in [0, 0.05) is 5.25 Å². The topological polar surface area (TPSA) is 101 Å². The van der Waals surface area contributed by atoms with Gasteiger partial charge in [-0.1, -0.05) is 18.7 Å². The van der Waals surface area contributed by atoms with Crippen LogP contribution in [0.2, 0.25) is 0 Å². The summed E-state index contributed by atoms with van der Waals surface area (Å²) in [7, 11) is 0. The van der Waals surface area contributed by atoms with Gasteiger partial charge in [0.15, 0.2) is 0 Å². The number of aliphatic carboxylic acids is 1. The fraction of sp³-hybridized carbons (Fsp3) is 0.714. The summed E-state index contributed by atoms with van der Waals surface area (Å²) in [6.45, 7) is 3.19. The molecule has 1 rings (SSSR count). The largest absolute Gasteiger partial charge is 0.480 e. The number of tetrazole rings is 1. The Kier molecular flexibility index (Phi) is 4.04. The smallest absolute Gasteiger partial charge is 0.325 e. The van der Waals surface area contributed by atoms with Gasteiger partial charge in [0.25, 0.3) is 0 Å². The van der Waals surface area contributed by atoms with Crippen molar-refractivity contribution >= 4 is 17.7 Å². The molecule has 0 spiro atoms. The van der Waals surface area contributed by atoms with E-state index in [-0.39, 0.29) is 11.8 Å². The zero-order chi connectivity index (χ0) is 11.4. The fourth-order valence-corrected chi connectivity index (χ4v) is 1.61. The molecule has 2 N–H and O–H groups in total. The predicted molar refractivity (Wildman–Crippen MR) is 52.5 cm³/mol. The van der Waals surface area contributed by atoms with Gasteiger partial charge in [0.2, 0.25) is 5.16 Å². The van der Waals surface area contributed by atoms with Gasteiger partial charge in [-0.2, -0.15) is 0 Å². The molecular weight excluding hydrogens is 220 g/mol. The third kappa shape index (κ3) is 3.48. The Morgan fingerprint density at radius 3 is 2.80 bits per heavy atom.